The monoisotopic (exact) mass is 509 g/mol. The van der Waals surface area contributed by atoms with Gasteiger partial charge in [0.2, 0.25) is 0 Å². The Bertz CT molecular complexity index is 1580. The molecule has 0 unspecified atom stereocenters. The van der Waals surface area contributed by atoms with Crippen molar-refractivity contribution in [2.24, 2.45) is 0 Å². The van der Waals surface area contributed by atoms with E-state index in [1.807, 2.05) is 0 Å². The highest BCUT2D eigenvalue weighted by Gasteiger charge is 2.46. The van der Waals surface area contributed by atoms with E-state index in [9.17, 15) is 55.3 Å². The Labute approximate surface area is 194 Å². The van der Waals surface area contributed by atoms with Gasteiger partial charge in [0.15, 0.2) is 0 Å². The smallest absolute Gasteiger partial charge is 0.192 e. The molecule has 0 aromatic heterocycles. The summed E-state index contributed by atoms with van der Waals surface area (Å²) in [6.45, 7) is 0. The standard InChI is InChI=1S/C22H4F9N5/c23-20(24,25)17-4-19(22(29,30)31)18(21(26,27)28)3-15(17)16(9-36)14-2-10(5-32)13(1-11(14)6-33)12(7-34)8-35/h1-4H/b16-14+. The van der Waals surface area contributed by atoms with Gasteiger partial charge in [-0.15, -0.1) is 0 Å². The van der Waals surface area contributed by atoms with E-state index in [-0.39, 0.29) is 0 Å². The summed E-state index contributed by atoms with van der Waals surface area (Å²) >= 11 is 0. The van der Waals surface area contributed by atoms with Crippen LogP contribution in [-0.2, 0) is 18.5 Å². The quantitative estimate of drug-likeness (QED) is 0.528. The summed E-state index contributed by atoms with van der Waals surface area (Å²) < 4.78 is 121. The van der Waals surface area contributed by atoms with Gasteiger partial charge in [-0.1, -0.05) is 0 Å². The van der Waals surface area contributed by atoms with Gasteiger partial charge >= 0.3 is 18.5 Å². The summed E-state index contributed by atoms with van der Waals surface area (Å²) in [5.41, 5.74) is -12.5. The van der Waals surface area contributed by atoms with E-state index < -0.39 is 85.6 Å². The van der Waals surface area contributed by atoms with Gasteiger partial charge in [-0.3, -0.25) is 0 Å². The van der Waals surface area contributed by atoms with Crippen molar-refractivity contribution in [3.05, 3.63) is 68.1 Å². The van der Waals surface area contributed by atoms with Crippen LogP contribution in [0.15, 0.2) is 24.3 Å². The maximum absolute atomic E-state index is 13.7. The topological polar surface area (TPSA) is 119 Å². The molecule has 5 nitrogen and oxygen atoms in total. The molecule has 0 saturated carbocycles. The summed E-state index contributed by atoms with van der Waals surface area (Å²) in [4.78, 5) is 0. The lowest BCUT2D eigenvalue weighted by Crippen LogP contribution is -2.24. The van der Waals surface area contributed by atoms with E-state index in [2.05, 4.69) is 0 Å². The average Bonchev–Trinajstić information content (AvgIpc) is 2.78. The predicted octanol–water partition coefficient (Wildman–Crippen LogP) is 4.41. The molecule has 0 aliphatic heterocycles. The maximum atomic E-state index is 13.7. The van der Waals surface area contributed by atoms with Crippen LogP contribution in [0, 0.1) is 56.7 Å². The molecule has 180 valence electrons. The Morgan fingerprint density at radius 1 is 0.528 bits per heavy atom. The molecule has 0 saturated heterocycles. The van der Waals surface area contributed by atoms with Gasteiger partial charge < -0.3 is 0 Å². The number of rotatable bonds is 1. The molecule has 0 aliphatic rings. The third kappa shape index (κ3) is 5.06. The lowest BCUT2D eigenvalue weighted by Gasteiger charge is -2.21. The molecule has 2 aromatic rings. The van der Waals surface area contributed by atoms with E-state index in [4.69, 9.17) is 10.5 Å². The summed E-state index contributed by atoms with van der Waals surface area (Å²) in [5, 5.41) is 45.0. The number of hydrogen-bond donors (Lipinski definition) is 0. The maximum Gasteiger partial charge on any atom is 0.417 e. The van der Waals surface area contributed by atoms with Crippen molar-refractivity contribution in [2.45, 2.75) is 18.5 Å². The fourth-order valence-corrected chi connectivity index (χ4v) is 3.12. The zero-order valence-electron chi connectivity index (χ0n) is 16.9. The first-order chi connectivity index (χ1) is 16.5. The van der Waals surface area contributed by atoms with Crippen LogP contribution in [0.4, 0.5) is 39.5 Å². The SMILES string of the molecule is N#CC(C#N)=c1cc(C#N)/c(=C(\C#N)c2cc(C(F)(F)F)c(C(F)(F)F)cc2C(F)(F)F)cc1C#N. The molecule has 0 heterocycles. The molecule has 0 amide bonds. The molecule has 36 heavy (non-hydrogen) atoms. The predicted molar refractivity (Wildman–Crippen MR) is 99.3 cm³/mol. The molecule has 0 N–H and O–H groups in total. The van der Waals surface area contributed by atoms with Gasteiger partial charge in [-0.2, -0.15) is 65.8 Å². The van der Waals surface area contributed by atoms with Gasteiger partial charge in [0.25, 0.3) is 0 Å². The van der Waals surface area contributed by atoms with Crippen molar-refractivity contribution in [1.29, 1.82) is 26.3 Å². The minimum atomic E-state index is -5.86. The minimum absolute atomic E-state index is 0.459. The van der Waals surface area contributed by atoms with Crippen molar-refractivity contribution < 1.29 is 39.5 Å². The summed E-state index contributed by atoms with van der Waals surface area (Å²) in [5.74, 6) is 0. The number of benzene rings is 2. The lowest BCUT2D eigenvalue weighted by atomic mass is 9.90. The van der Waals surface area contributed by atoms with Crippen LogP contribution in [0.5, 0.6) is 0 Å². The first kappa shape index (κ1) is 27.2. The molecule has 0 atom stereocenters. The molecular formula is C22H4F9N5. The second kappa shape index (κ2) is 9.33. The molecule has 0 spiro atoms. The first-order valence-corrected chi connectivity index (χ1v) is 8.88. The van der Waals surface area contributed by atoms with Crippen molar-refractivity contribution in [2.75, 3.05) is 0 Å². The molecular weight excluding hydrogens is 505 g/mol. The van der Waals surface area contributed by atoms with E-state index in [1.54, 1.807) is 0 Å². The van der Waals surface area contributed by atoms with E-state index in [0.29, 0.717) is 12.1 Å². The highest BCUT2D eigenvalue weighted by Crippen LogP contribution is 2.45. The summed E-state index contributed by atoms with van der Waals surface area (Å²) in [6, 6.07) is 6.81. The highest BCUT2D eigenvalue weighted by molar-refractivity contribution is 5.81. The van der Waals surface area contributed by atoms with Crippen molar-refractivity contribution in [3.8, 4) is 30.3 Å². The zero-order valence-corrected chi connectivity index (χ0v) is 16.9. The average molecular weight is 509 g/mol. The fraction of sp³-hybridized carbons (Fsp3) is 0.136. The van der Waals surface area contributed by atoms with E-state index in [0.717, 1.165) is 6.07 Å². The molecule has 0 radical (unpaired) electrons. The Balaban J connectivity index is 3.33. The Kier molecular flexibility index (Phi) is 7.06. The van der Waals surface area contributed by atoms with Crippen molar-refractivity contribution >= 4 is 11.1 Å². The first-order valence-electron chi connectivity index (χ1n) is 8.88. The lowest BCUT2D eigenvalue weighted by molar-refractivity contribution is -0.163. The Morgan fingerprint density at radius 2 is 0.944 bits per heavy atom. The van der Waals surface area contributed by atoms with Gasteiger partial charge in [-0.05, 0) is 24.3 Å². The number of nitrogens with zero attached hydrogens (tertiary/aromatic N) is 5. The molecule has 0 fully saturated rings. The highest BCUT2D eigenvalue weighted by atomic mass is 19.4. The summed E-state index contributed by atoms with van der Waals surface area (Å²) in [7, 11) is 0. The molecule has 14 heteroatoms. The number of halogens is 9. The van der Waals surface area contributed by atoms with Crippen LogP contribution in [0.1, 0.15) is 33.4 Å². The van der Waals surface area contributed by atoms with Crippen molar-refractivity contribution in [3.63, 3.8) is 0 Å². The molecule has 2 aromatic carbocycles. The normalized spacial score (nSPS) is 12.3. The van der Waals surface area contributed by atoms with Crippen molar-refractivity contribution in [1.82, 2.24) is 0 Å². The number of nitriles is 5. The molecule has 0 aliphatic carbocycles. The van der Waals surface area contributed by atoms with Gasteiger partial charge in [-0.25, -0.2) is 0 Å². The largest absolute Gasteiger partial charge is 0.417 e. The van der Waals surface area contributed by atoms with Crippen LogP contribution < -0.4 is 10.4 Å². The van der Waals surface area contributed by atoms with Crippen LogP contribution in [0.2, 0.25) is 0 Å². The molecule has 2 rings (SSSR count). The van der Waals surface area contributed by atoms with Crippen LogP contribution >= 0.6 is 0 Å². The number of alkyl halides is 9. The van der Waals surface area contributed by atoms with Crippen LogP contribution in [0.3, 0.4) is 0 Å². The van der Waals surface area contributed by atoms with Crippen LogP contribution in [0.25, 0.3) is 11.1 Å². The zero-order chi connectivity index (χ0) is 27.6. The second-order valence-electron chi connectivity index (χ2n) is 6.69. The third-order valence-electron chi connectivity index (χ3n) is 4.62. The van der Waals surface area contributed by atoms with Crippen LogP contribution in [-0.4, -0.2) is 0 Å². The van der Waals surface area contributed by atoms with E-state index >= 15 is 0 Å². The van der Waals surface area contributed by atoms with E-state index in [1.165, 1.54) is 24.3 Å². The van der Waals surface area contributed by atoms with Gasteiger partial charge in [0.1, 0.15) is 23.8 Å². The minimum Gasteiger partial charge on any atom is -0.192 e. The molecule has 0 bridgehead atoms. The Morgan fingerprint density at radius 3 is 1.33 bits per heavy atom. The third-order valence-corrected chi connectivity index (χ3v) is 4.62. The number of hydrogen-bond acceptors (Lipinski definition) is 5. The van der Waals surface area contributed by atoms with Gasteiger partial charge in [0.05, 0.1) is 45.5 Å². The summed E-state index contributed by atoms with van der Waals surface area (Å²) in [6.07, 6.45) is -17.3. The van der Waals surface area contributed by atoms with Gasteiger partial charge in [0, 0.05) is 16.0 Å². The second-order valence-corrected chi connectivity index (χ2v) is 6.69. The Hall–Kier alpha value is -5.00. The fourth-order valence-electron chi connectivity index (χ4n) is 3.12.